The number of carboxylic acid groups (broad SMARTS) is 1. The smallest absolute Gasteiger partial charge is 0.326 e. The third kappa shape index (κ3) is 6.07. The molecule has 0 saturated carbocycles. The van der Waals surface area contributed by atoms with Crippen molar-refractivity contribution in [1.82, 2.24) is 10.5 Å². The SMILES string of the molecule is CC(C)[C@H](NC(=O)c1cc(-c2ccc(NC(=O)Nc3ccc(Cl)cc3F)cc2)no1)C(=O)O. The zero-order valence-corrected chi connectivity index (χ0v) is 18.3. The van der Waals surface area contributed by atoms with Gasteiger partial charge in [-0.2, -0.15) is 0 Å². The van der Waals surface area contributed by atoms with Crippen molar-refractivity contribution >= 4 is 40.9 Å². The molecule has 2 aromatic carbocycles. The summed E-state index contributed by atoms with van der Waals surface area (Å²) in [5.74, 6) is -2.96. The predicted octanol–water partition coefficient (Wildman–Crippen LogP) is 4.62. The highest BCUT2D eigenvalue weighted by molar-refractivity contribution is 6.30. The van der Waals surface area contributed by atoms with Crippen molar-refractivity contribution < 1.29 is 28.4 Å². The van der Waals surface area contributed by atoms with Crippen molar-refractivity contribution in [3.8, 4) is 11.3 Å². The van der Waals surface area contributed by atoms with Crippen LogP contribution in [0.1, 0.15) is 24.4 Å². The molecule has 0 radical (unpaired) electrons. The molecular formula is C22H20ClFN4O5. The van der Waals surface area contributed by atoms with Crippen LogP contribution in [0.2, 0.25) is 5.02 Å². The van der Waals surface area contributed by atoms with Crippen LogP contribution >= 0.6 is 11.6 Å². The van der Waals surface area contributed by atoms with Crippen LogP contribution in [0.15, 0.2) is 53.1 Å². The number of halogens is 2. The molecule has 33 heavy (non-hydrogen) atoms. The lowest BCUT2D eigenvalue weighted by Gasteiger charge is -2.16. The van der Waals surface area contributed by atoms with Crippen LogP contribution in [-0.4, -0.2) is 34.2 Å². The summed E-state index contributed by atoms with van der Waals surface area (Å²) in [4.78, 5) is 35.6. The highest BCUT2D eigenvalue weighted by atomic mass is 35.5. The van der Waals surface area contributed by atoms with E-state index < -0.39 is 29.8 Å². The van der Waals surface area contributed by atoms with Gasteiger partial charge in [0.1, 0.15) is 17.6 Å². The number of aromatic nitrogens is 1. The lowest BCUT2D eigenvalue weighted by atomic mass is 10.0. The van der Waals surface area contributed by atoms with E-state index in [-0.39, 0.29) is 22.4 Å². The second kappa shape index (κ2) is 10.1. The zero-order valence-electron chi connectivity index (χ0n) is 17.6. The van der Waals surface area contributed by atoms with Crippen molar-refractivity contribution in [2.45, 2.75) is 19.9 Å². The molecular weight excluding hydrogens is 455 g/mol. The highest BCUT2D eigenvalue weighted by Crippen LogP contribution is 2.23. The molecule has 0 aliphatic carbocycles. The second-order valence-corrected chi connectivity index (χ2v) is 7.83. The average molecular weight is 475 g/mol. The largest absolute Gasteiger partial charge is 0.480 e. The molecule has 3 amide bonds. The molecule has 0 bridgehead atoms. The molecule has 0 aliphatic heterocycles. The van der Waals surface area contributed by atoms with Gasteiger partial charge in [-0.05, 0) is 36.2 Å². The van der Waals surface area contributed by atoms with E-state index in [1.54, 1.807) is 38.1 Å². The Balaban J connectivity index is 1.63. The Kier molecular flexibility index (Phi) is 7.29. The van der Waals surface area contributed by atoms with Gasteiger partial charge >= 0.3 is 12.0 Å². The van der Waals surface area contributed by atoms with Gasteiger partial charge in [-0.15, -0.1) is 0 Å². The molecule has 0 fully saturated rings. The lowest BCUT2D eigenvalue weighted by Crippen LogP contribution is -2.44. The van der Waals surface area contributed by atoms with Crippen LogP contribution in [0, 0.1) is 11.7 Å². The van der Waals surface area contributed by atoms with Gasteiger partial charge in [0, 0.05) is 22.3 Å². The Bertz CT molecular complexity index is 1180. The molecule has 0 unspecified atom stereocenters. The first-order valence-electron chi connectivity index (χ1n) is 9.78. The number of nitrogens with zero attached hydrogens (tertiary/aromatic N) is 1. The first-order valence-corrected chi connectivity index (χ1v) is 10.2. The number of aliphatic carboxylic acids is 1. The summed E-state index contributed by atoms with van der Waals surface area (Å²) in [5, 5.41) is 20.6. The molecule has 0 spiro atoms. The van der Waals surface area contributed by atoms with E-state index in [9.17, 15) is 23.9 Å². The number of anilines is 2. The van der Waals surface area contributed by atoms with Crippen molar-refractivity contribution in [3.63, 3.8) is 0 Å². The Hall–Kier alpha value is -3.92. The first kappa shape index (κ1) is 23.7. The molecule has 1 heterocycles. The maximum Gasteiger partial charge on any atom is 0.326 e. The zero-order chi connectivity index (χ0) is 24.1. The second-order valence-electron chi connectivity index (χ2n) is 7.39. The summed E-state index contributed by atoms with van der Waals surface area (Å²) in [5.41, 5.74) is 1.33. The van der Waals surface area contributed by atoms with Crippen LogP contribution in [0.4, 0.5) is 20.6 Å². The summed E-state index contributed by atoms with van der Waals surface area (Å²) >= 11 is 5.69. The number of hydrogen-bond acceptors (Lipinski definition) is 5. The third-order valence-corrected chi connectivity index (χ3v) is 4.81. The van der Waals surface area contributed by atoms with Gasteiger partial charge in [0.2, 0.25) is 5.76 Å². The minimum absolute atomic E-state index is 0.0236. The van der Waals surface area contributed by atoms with E-state index in [0.29, 0.717) is 16.9 Å². The number of carbonyl (C=O) groups excluding carboxylic acids is 2. The molecule has 11 heteroatoms. The number of carboxylic acids is 1. The van der Waals surface area contributed by atoms with E-state index >= 15 is 0 Å². The van der Waals surface area contributed by atoms with Gasteiger partial charge in [0.15, 0.2) is 0 Å². The number of hydrogen-bond donors (Lipinski definition) is 4. The van der Waals surface area contributed by atoms with Crippen molar-refractivity contribution in [2.75, 3.05) is 10.6 Å². The number of rotatable bonds is 7. The first-order chi connectivity index (χ1) is 15.6. The normalized spacial score (nSPS) is 11.7. The highest BCUT2D eigenvalue weighted by Gasteiger charge is 2.25. The van der Waals surface area contributed by atoms with Gasteiger partial charge in [-0.25, -0.2) is 14.0 Å². The molecule has 1 aromatic heterocycles. The minimum Gasteiger partial charge on any atom is -0.480 e. The Morgan fingerprint density at radius 3 is 2.36 bits per heavy atom. The van der Waals surface area contributed by atoms with E-state index in [1.165, 1.54) is 18.2 Å². The summed E-state index contributed by atoms with van der Waals surface area (Å²) in [6.07, 6.45) is 0. The van der Waals surface area contributed by atoms with Gasteiger partial charge in [0.05, 0.1) is 5.69 Å². The topological polar surface area (TPSA) is 134 Å². The van der Waals surface area contributed by atoms with E-state index in [0.717, 1.165) is 6.07 Å². The van der Waals surface area contributed by atoms with Gasteiger partial charge < -0.3 is 25.6 Å². The van der Waals surface area contributed by atoms with Crippen molar-refractivity contribution in [1.29, 1.82) is 0 Å². The Morgan fingerprint density at radius 1 is 1.06 bits per heavy atom. The maximum atomic E-state index is 13.8. The van der Waals surface area contributed by atoms with E-state index in [1.807, 2.05) is 0 Å². The standard InChI is InChI=1S/C22H20ClFN4O5/c1-11(2)19(21(30)31)27-20(29)18-10-17(28-33-18)12-3-6-14(7-4-12)25-22(32)26-16-8-5-13(23)9-15(16)24/h3-11,19H,1-2H3,(H,27,29)(H,30,31)(H2,25,26,32)/t19-/m0/s1. The van der Waals surface area contributed by atoms with Crippen LogP contribution in [0.25, 0.3) is 11.3 Å². The lowest BCUT2D eigenvalue weighted by molar-refractivity contribution is -0.140. The molecule has 3 aromatic rings. The van der Waals surface area contributed by atoms with Crippen LogP contribution < -0.4 is 16.0 Å². The molecule has 9 nitrogen and oxygen atoms in total. The quantitative estimate of drug-likeness (QED) is 0.395. The number of carbonyl (C=O) groups is 3. The molecule has 3 rings (SSSR count). The number of amides is 3. The fourth-order valence-electron chi connectivity index (χ4n) is 2.84. The number of urea groups is 1. The van der Waals surface area contributed by atoms with Crippen LogP contribution in [-0.2, 0) is 4.79 Å². The summed E-state index contributed by atoms with van der Waals surface area (Å²) in [6.45, 7) is 3.35. The molecule has 4 N–H and O–H groups in total. The van der Waals surface area contributed by atoms with Gasteiger partial charge in [-0.3, -0.25) is 4.79 Å². The monoisotopic (exact) mass is 474 g/mol. The van der Waals surface area contributed by atoms with Crippen molar-refractivity contribution in [3.05, 3.63) is 65.1 Å². The molecule has 0 saturated heterocycles. The number of benzene rings is 2. The molecule has 172 valence electrons. The fraction of sp³-hybridized carbons (Fsp3) is 0.182. The van der Waals surface area contributed by atoms with E-state index in [4.69, 9.17) is 16.1 Å². The minimum atomic E-state index is -1.15. The number of nitrogens with one attached hydrogen (secondary N) is 3. The Morgan fingerprint density at radius 2 is 1.76 bits per heavy atom. The van der Waals surface area contributed by atoms with E-state index in [2.05, 4.69) is 21.1 Å². The third-order valence-electron chi connectivity index (χ3n) is 4.57. The Labute approximate surface area is 192 Å². The summed E-state index contributed by atoms with van der Waals surface area (Å²) in [6, 6.07) is 9.98. The van der Waals surface area contributed by atoms with Gasteiger partial charge in [0.25, 0.3) is 5.91 Å². The van der Waals surface area contributed by atoms with Crippen LogP contribution in [0.5, 0.6) is 0 Å². The predicted molar refractivity (Wildman–Crippen MR) is 120 cm³/mol. The fourth-order valence-corrected chi connectivity index (χ4v) is 3.00. The summed E-state index contributed by atoms with van der Waals surface area (Å²) in [7, 11) is 0. The van der Waals surface area contributed by atoms with Crippen LogP contribution in [0.3, 0.4) is 0 Å². The van der Waals surface area contributed by atoms with Crippen molar-refractivity contribution in [2.24, 2.45) is 5.92 Å². The molecule has 0 aliphatic rings. The average Bonchev–Trinajstić information content (AvgIpc) is 3.24. The summed E-state index contributed by atoms with van der Waals surface area (Å²) < 4.78 is 18.8. The maximum absolute atomic E-state index is 13.8. The molecule has 1 atom stereocenters. The van der Waals surface area contributed by atoms with Gasteiger partial charge in [-0.1, -0.05) is 42.7 Å².